The summed E-state index contributed by atoms with van der Waals surface area (Å²) >= 11 is 1.36. The van der Waals surface area contributed by atoms with Gasteiger partial charge in [0.1, 0.15) is 5.82 Å². The van der Waals surface area contributed by atoms with Crippen LogP contribution in [0.15, 0.2) is 53.4 Å². The lowest BCUT2D eigenvalue weighted by atomic mass is 10.2. The fourth-order valence-electron chi connectivity index (χ4n) is 2.99. The number of aryl methyl sites for hydroxylation is 1. The second kappa shape index (κ2) is 9.07. The first kappa shape index (κ1) is 20.8. The molecule has 1 heterocycles. The molecule has 3 rings (SSSR count). The van der Waals surface area contributed by atoms with Crippen molar-refractivity contribution >= 4 is 27.7 Å². The Morgan fingerprint density at radius 3 is 2.32 bits per heavy atom. The zero-order valence-electron chi connectivity index (χ0n) is 15.7. The van der Waals surface area contributed by atoms with Gasteiger partial charge in [-0.3, -0.25) is 4.79 Å². The van der Waals surface area contributed by atoms with Crippen LogP contribution in [0, 0.1) is 12.7 Å². The molecule has 1 aliphatic rings. The predicted octanol–water partition coefficient (Wildman–Crippen LogP) is 2.90. The van der Waals surface area contributed by atoms with Crippen molar-refractivity contribution in [2.75, 3.05) is 31.9 Å². The molecule has 1 fully saturated rings. The maximum atomic E-state index is 13.6. The number of hydrogen-bond donors (Lipinski definition) is 0. The summed E-state index contributed by atoms with van der Waals surface area (Å²) in [5.41, 5.74) is 1.58. The lowest BCUT2D eigenvalue weighted by Gasteiger charge is -2.34. The van der Waals surface area contributed by atoms with Gasteiger partial charge in [-0.05, 0) is 30.7 Å². The molecule has 150 valence electrons. The third-order valence-corrected chi connectivity index (χ3v) is 7.57. The van der Waals surface area contributed by atoms with Crippen molar-refractivity contribution in [3.63, 3.8) is 0 Å². The summed E-state index contributed by atoms with van der Waals surface area (Å²) in [6.07, 6.45) is 0. The molecule has 1 amide bonds. The second-order valence-corrected chi connectivity index (χ2v) is 9.61. The highest BCUT2D eigenvalue weighted by atomic mass is 32.2. The molecular weight excluding hydrogens is 399 g/mol. The fraction of sp³-hybridized carbons (Fsp3) is 0.350. The second-order valence-electron chi connectivity index (χ2n) is 6.68. The van der Waals surface area contributed by atoms with Gasteiger partial charge in [0, 0.05) is 31.9 Å². The summed E-state index contributed by atoms with van der Waals surface area (Å²) in [6.45, 7) is 3.19. The van der Waals surface area contributed by atoms with E-state index in [1.807, 2.05) is 6.92 Å². The highest BCUT2D eigenvalue weighted by molar-refractivity contribution is 7.99. The van der Waals surface area contributed by atoms with E-state index in [0.29, 0.717) is 24.4 Å². The molecule has 1 aliphatic heterocycles. The number of piperazine rings is 1. The number of nitrogens with zero attached hydrogens (tertiary/aromatic N) is 2. The van der Waals surface area contributed by atoms with Crippen LogP contribution in [0.3, 0.4) is 0 Å². The van der Waals surface area contributed by atoms with Crippen molar-refractivity contribution in [2.24, 2.45) is 0 Å². The van der Waals surface area contributed by atoms with E-state index >= 15 is 0 Å². The van der Waals surface area contributed by atoms with Crippen molar-refractivity contribution in [3.05, 3.63) is 65.5 Å². The van der Waals surface area contributed by atoms with E-state index in [2.05, 4.69) is 0 Å². The molecule has 0 radical (unpaired) electrons. The van der Waals surface area contributed by atoms with Gasteiger partial charge in [-0.2, -0.15) is 4.31 Å². The van der Waals surface area contributed by atoms with E-state index in [9.17, 15) is 17.6 Å². The third kappa shape index (κ3) is 4.92. The molecule has 2 aromatic carbocycles. The predicted molar refractivity (Wildman–Crippen MR) is 109 cm³/mol. The summed E-state index contributed by atoms with van der Waals surface area (Å²) in [5.74, 6) is 0.366. The number of hydrogen-bond acceptors (Lipinski definition) is 4. The average molecular weight is 423 g/mol. The van der Waals surface area contributed by atoms with Crippen molar-refractivity contribution in [1.82, 2.24) is 9.21 Å². The van der Waals surface area contributed by atoms with Crippen LogP contribution in [0.4, 0.5) is 4.39 Å². The smallest absolute Gasteiger partial charge is 0.243 e. The molecule has 1 saturated heterocycles. The lowest BCUT2D eigenvalue weighted by Crippen LogP contribution is -2.50. The number of amides is 1. The minimum atomic E-state index is -3.54. The zero-order valence-corrected chi connectivity index (χ0v) is 17.3. The Morgan fingerprint density at radius 1 is 1.04 bits per heavy atom. The van der Waals surface area contributed by atoms with E-state index in [1.165, 1.54) is 22.1 Å². The summed E-state index contributed by atoms with van der Waals surface area (Å²) in [7, 11) is -3.54. The van der Waals surface area contributed by atoms with Crippen molar-refractivity contribution in [3.8, 4) is 0 Å². The van der Waals surface area contributed by atoms with Gasteiger partial charge in [0.2, 0.25) is 15.9 Å². The SMILES string of the molecule is Cc1ccc(S(=O)(=O)N2CCN(C(=O)CSCc3ccccc3F)CC2)cc1. The summed E-state index contributed by atoms with van der Waals surface area (Å²) < 4.78 is 40.5. The molecule has 0 unspecified atom stereocenters. The van der Waals surface area contributed by atoms with Gasteiger partial charge in [-0.1, -0.05) is 35.9 Å². The minimum Gasteiger partial charge on any atom is -0.339 e. The molecule has 8 heteroatoms. The number of sulfonamides is 1. The average Bonchev–Trinajstić information content (AvgIpc) is 2.70. The first-order valence-electron chi connectivity index (χ1n) is 9.03. The summed E-state index contributed by atoms with van der Waals surface area (Å²) in [4.78, 5) is 14.3. The quantitative estimate of drug-likeness (QED) is 0.718. The van der Waals surface area contributed by atoms with Crippen LogP contribution in [0.5, 0.6) is 0 Å². The van der Waals surface area contributed by atoms with Crippen LogP contribution < -0.4 is 0 Å². The largest absolute Gasteiger partial charge is 0.339 e. The Kier molecular flexibility index (Phi) is 6.74. The Morgan fingerprint density at radius 2 is 1.68 bits per heavy atom. The first-order valence-corrected chi connectivity index (χ1v) is 11.6. The van der Waals surface area contributed by atoms with E-state index in [-0.39, 0.29) is 35.5 Å². The maximum Gasteiger partial charge on any atom is 0.243 e. The first-order chi connectivity index (χ1) is 13.4. The van der Waals surface area contributed by atoms with Crippen LogP contribution in [0.2, 0.25) is 0 Å². The number of rotatable bonds is 6. The normalized spacial score (nSPS) is 15.6. The molecule has 28 heavy (non-hydrogen) atoms. The highest BCUT2D eigenvalue weighted by Gasteiger charge is 2.29. The molecule has 5 nitrogen and oxygen atoms in total. The Balaban J connectivity index is 1.50. The Hall–Kier alpha value is -1.90. The molecule has 0 aromatic heterocycles. The van der Waals surface area contributed by atoms with Gasteiger partial charge in [0.25, 0.3) is 0 Å². The number of carbonyl (C=O) groups excluding carboxylic acids is 1. The van der Waals surface area contributed by atoms with Crippen LogP contribution in [-0.2, 0) is 20.6 Å². The number of thioether (sulfide) groups is 1. The molecule has 0 aliphatic carbocycles. The molecule has 0 atom stereocenters. The molecule has 2 aromatic rings. The molecule has 0 spiro atoms. The highest BCUT2D eigenvalue weighted by Crippen LogP contribution is 2.20. The van der Waals surface area contributed by atoms with Crippen LogP contribution in [-0.4, -0.2) is 55.5 Å². The monoisotopic (exact) mass is 422 g/mol. The zero-order chi connectivity index (χ0) is 20.1. The van der Waals surface area contributed by atoms with Crippen LogP contribution >= 0.6 is 11.8 Å². The fourth-order valence-corrected chi connectivity index (χ4v) is 5.33. The molecule has 0 N–H and O–H groups in total. The van der Waals surface area contributed by atoms with Crippen molar-refractivity contribution < 1.29 is 17.6 Å². The van der Waals surface area contributed by atoms with E-state index in [4.69, 9.17) is 0 Å². The van der Waals surface area contributed by atoms with E-state index in [1.54, 1.807) is 47.4 Å². The van der Waals surface area contributed by atoms with Crippen molar-refractivity contribution in [2.45, 2.75) is 17.6 Å². The summed E-state index contributed by atoms with van der Waals surface area (Å²) in [6, 6.07) is 13.3. The van der Waals surface area contributed by atoms with Crippen LogP contribution in [0.1, 0.15) is 11.1 Å². The van der Waals surface area contributed by atoms with E-state index < -0.39 is 10.0 Å². The van der Waals surface area contributed by atoms with Gasteiger partial charge >= 0.3 is 0 Å². The number of benzene rings is 2. The van der Waals surface area contributed by atoms with Gasteiger partial charge in [-0.15, -0.1) is 11.8 Å². The summed E-state index contributed by atoms with van der Waals surface area (Å²) in [5, 5.41) is 0. The van der Waals surface area contributed by atoms with Gasteiger partial charge in [0.15, 0.2) is 0 Å². The Bertz CT molecular complexity index is 925. The standard InChI is InChI=1S/C20H23FN2O3S2/c1-16-6-8-18(9-7-16)28(25,26)23-12-10-22(11-13-23)20(24)15-27-14-17-4-2-3-5-19(17)21/h2-9H,10-15H2,1H3. The van der Waals surface area contributed by atoms with Gasteiger partial charge in [-0.25, -0.2) is 12.8 Å². The number of carbonyl (C=O) groups is 1. The number of halogens is 1. The van der Waals surface area contributed by atoms with Gasteiger partial charge < -0.3 is 4.90 Å². The molecule has 0 saturated carbocycles. The van der Waals surface area contributed by atoms with Crippen LogP contribution in [0.25, 0.3) is 0 Å². The maximum absolute atomic E-state index is 13.6. The van der Waals surface area contributed by atoms with Gasteiger partial charge in [0.05, 0.1) is 10.6 Å². The third-order valence-electron chi connectivity index (χ3n) is 4.69. The molecular formula is C20H23FN2O3S2. The minimum absolute atomic E-state index is 0.0475. The Labute approximate surface area is 169 Å². The topological polar surface area (TPSA) is 57.7 Å². The molecule has 0 bridgehead atoms. The van der Waals surface area contributed by atoms with E-state index in [0.717, 1.165) is 5.56 Å². The lowest BCUT2D eigenvalue weighted by molar-refractivity contribution is -0.129. The van der Waals surface area contributed by atoms with Crippen molar-refractivity contribution in [1.29, 1.82) is 0 Å².